The van der Waals surface area contributed by atoms with Crippen LogP contribution in [0.1, 0.15) is 124 Å². The molecule has 2 heterocycles. The van der Waals surface area contributed by atoms with Crippen LogP contribution in [-0.4, -0.2) is 233 Å². The molecule has 8 rings (SSSR count). The summed E-state index contributed by atoms with van der Waals surface area (Å²) in [5.74, 6) is 1.56. The maximum absolute atomic E-state index is 13.1. The minimum atomic E-state index is -3.47. The van der Waals surface area contributed by atoms with Gasteiger partial charge in [-0.05, 0) is 161 Å². The molecule has 21 nitrogen and oxygen atoms in total. The first-order valence-electron chi connectivity index (χ1n) is 35.6. The third-order valence-electron chi connectivity index (χ3n) is 17.8. The average molecular weight is 1390 g/mol. The van der Waals surface area contributed by atoms with Crippen molar-refractivity contribution in [2.45, 2.75) is 137 Å². The lowest BCUT2D eigenvalue weighted by Gasteiger charge is -2.35. The van der Waals surface area contributed by atoms with E-state index < -0.39 is 19.7 Å². The van der Waals surface area contributed by atoms with Crippen molar-refractivity contribution in [3.05, 3.63) is 119 Å². The second-order valence-electron chi connectivity index (χ2n) is 25.0. The van der Waals surface area contributed by atoms with Gasteiger partial charge >= 0.3 is 0 Å². The van der Waals surface area contributed by atoms with E-state index in [1.54, 1.807) is 48.5 Å². The van der Waals surface area contributed by atoms with Crippen LogP contribution in [0.5, 0.6) is 11.5 Å². The Kier molecular flexibility index (Phi) is 36.3. The molecule has 97 heavy (non-hydrogen) atoms. The van der Waals surface area contributed by atoms with E-state index in [1.807, 2.05) is 0 Å². The van der Waals surface area contributed by atoms with Crippen molar-refractivity contribution >= 4 is 31.2 Å². The maximum Gasteiger partial charge on any atom is 0.178 e. The molecule has 2 aliphatic carbocycles. The van der Waals surface area contributed by atoms with Crippen molar-refractivity contribution in [2.24, 2.45) is 0 Å². The Hall–Kier alpha value is -4.80. The lowest BCUT2D eigenvalue weighted by molar-refractivity contribution is -0.121. The smallest absolute Gasteiger partial charge is 0.178 e. The maximum atomic E-state index is 13.1. The topological polar surface area (TPSA) is 229 Å². The Morgan fingerprint density at radius 2 is 0.619 bits per heavy atom. The predicted octanol–water partition coefficient (Wildman–Crippen LogP) is 9.44. The van der Waals surface area contributed by atoms with Crippen molar-refractivity contribution in [2.75, 3.05) is 183 Å². The number of carbonyl (C=O) groups is 2. The summed E-state index contributed by atoms with van der Waals surface area (Å²) in [4.78, 5) is 30.2. The van der Waals surface area contributed by atoms with Gasteiger partial charge in [0.15, 0.2) is 19.7 Å². The van der Waals surface area contributed by atoms with E-state index in [9.17, 15) is 26.4 Å². The molecule has 0 saturated carbocycles. The molecule has 0 unspecified atom stereocenters. The zero-order valence-corrected chi connectivity index (χ0v) is 58.8. The Balaban J connectivity index is 0.494. The number of hydrogen-bond donors (Lipinski definition) is 0. The number of likely N-dealkylation sites (tertiary alicyclic amines) is 2. The van der Waals surface area contributed by atoms with Crippen molar-refractivity contribution in [3.8, 4) is 11.5 Å². The second kappa shape index (κ2) is 45.1. The number of ketones is 2. The van der Waals surface area contributed by atoms with E-state index >= 15 is 0 Å². The first-order chi connectivity index (χ1) is 47.5. The average Bonchev–Trinajstić information content (AvgIpc) is 1.66. The SMILES string of the molecule is O=C(CCCOCCOCCOCCCS(=O)(=O)c1ccc(O[C@H]2c3ccccc3C[C@@H]2N2CCCCC2)cc1)CCOCCOCCOCCOCCOCCC(=O)CCCOCCOCCOCCCS(=O)(=O)c1ccc(O[C@H]2c3ccccc3C[C@@H]2N2CCCCC2)cc1. The van der Waals surface area contributed by atoms with E-state index in [0.717, 1.165) is 39.0 Å². The lowest BCUT2D eigenvalue weighted by atomic mass is 10.0. The number of rotatable bonds is 54. The van der Waals surface area contributed by atoms with Crippen LogP contribution >= 0.6 is 0 Å². The summed E-state index contributed by atoms with van der Waals surface area (Å²) in [5.41, 5.74) is 5.09. The van der Waals surface area contributed by atoms with Gasteiger partial charge in [0, 0.05) is 52.1 Å². The number of benzene rings is 4. The fourth-order valence-electron chi connectivity index (χ4n) is 12.6. The molecule has 0 radical (unpaired) electrons. The molecular weight excluding hydrogens is 1280 g/mol. The standard InChI is InChI=1S/C74H108N2O19S2/c77-63(17-11-35-83-41-47-89-49-43-85-37-13-57-96(79,80)67-25-21-65(22-26-67)94-73-69-19-5-3-15-61(69)59-71(73)75-31-7-1-8-32-75)29-39-87-45-51-91-53-55-93-56-54-92-52-46-88-40-30-64(78)18-12-36-84-42-48-90-50-44-86-38-14-58-97(81,82)68-27-23-66(24-28-68)95-74-70-20-6-4-16-62(70)60-72(74)76-33-9-2-10-34-76/h3-6,15-16,19-28,71-74H,1-2,7-14,17-18,29-60H2/t71-,72-,73-,74-/m0/s1. The highest BCUT2D eigenvalue weighted by molar-refractivity contribution is 7.91. The number of nitrogens with zero attached hydrogens (tertiary/aromatic N) is 2. The molecule has 0 N–H and O–H groups in total. The van der Waals surface area contributed by atoms with Crippen LogP contribution in [0.3, 0.4) is 0 Å². The minimum absolute atomic E-state index is 0.0123. The van der Waals surface area contributed by atoms with Crippen LogP contribution in [0.15, 0.2) is 107 Å². The molecule has 4 aromatic carbocycles. The van der Waals surface area contributed by atoms with Gasteiger partial charge in [-0.3, -0.25) is 19.4 Å². The van der Waals surface area contributed by atoms with E-state index in [-0.39, 0.29) is 57.2 Å². The third kappa shape index (κ3) is 28.6. The fraction of sp³-hybridized carbons (Fsp3) is 0.649. The van der Waals surface area contributed by atoms with E-state index in [0.29, 0.717) is 208 Å². The molecule has 0 aromatic heterocycles. The van der Waals surface area contributed by atoms with Crippen molar-refractivity contribution in [3.63, 3.8) is 0 Å². The van der Waals surface area contributed by atoms with Crippen LogP contribution in [0.4, 0.5) is 0 Å². The molecule has 0 bridgehead atoms. The highest BCUT2D eigenvalue weighted by Crippen LogP contribution is 2.41. The fourth-order valence-corrected chi connectivity index (χ4v) is 15.2. The number of fused-ring (bicyclic) bond motifs is 2. The van der Waals surface area contributed by atoms with Gasteiger partial charge in [0.05, 0.1) is 152 Å². The molecule has 2 fully saturated rings. The number of carbonyl (C=O) groups excluding carboxylic acids is 2. The summed E-state index contributed by atoms with van der Waals surface area (Å²) in [6, 6.07) is 31.2. The van der Waals surface area contributed by atoms with E-state index in [1.165, 1.54) is 60.8 Å². The summed E-state index contributed by atoms with van der Waals surface area (Å²) in [7, 11) is -6.95. The molecule has 4 aromatic rings. The predicted molar refractivity (Wildman–Crippen MR) is 368 cm³/mol. The molecule has 540 valence electrons. The van der Waals surface area contributed by atoms with Gasteiger partial charge in [0.25, 0.3) is 0 Å². The van der Waals surface area contributed by atoms with Crippen LogP contribution in [-0.2, 0) is 94.2 Å². The van der Waals surface area contributed by atoms with Crippen LogP contribution in [0, 0.1) is 0 Å². The second-order valence-corrected chi connectivity index (χ2v) is 29.2. The number of ether oxygens (including phenoxy) is 13. The van der Waals surface area contributed by atoms with Gasteiger partial charge in [0.1, 0.15) is 35.3 Å². The zero-order valence-electron chi connectivity index (χ0n) is 57.1. The molecule has 4 atom stereocenters. The first kappa shape index (κ1) is 77.9. The summed E-state index contributed by atoms with van der Waals surface area (Å²) in [6.45, 7) is 12.8. The monoisotopic (exact) mass is 1390 g/mol. The van der Waals surface area contributed by atoms with Crippen LogP contribution in [0.25, 0.3) is 0 Å². The van der Waals surface area contributed by atoms with Gasteiger partial charge in [-0.2, -0.15) is 0 Å². The third-order valence-corrected chi connectivity index (χ3v) is 21.4. The Bertz CT molecular complexity index is 2850. The molecule has 2 saturated heterocycles. The lowest BCUT2D eigenvalue weighted by Crippen LogP contribution is -2.43. The Morgan fingerprint density at radius 3 is 0.948 bits per heavy atom. The van der Waals surface area contributed by atoms with Gasteiger partial charge in [-0.25, -0.2) is 16.8 Å². The number of sulfone groups is 2. The van der Waals surface area contributed by atoms with Crippen molar-refractivity contribution < 1.29 is 88.0 Å². The quantitative estimate of drug-likeness (QED) is 0.0375. The van der Waals surface area contributed by atoms with Crippen LogP contribution in [0.2, 0.25) is 0 Å². The summed E-state index contributed by atoms with van der Waals surface area (Å²) >= 11 is 0. The Labute approximate surface area is 576 Å². The highest BCUT2D eigenvalue weighted by Gasteiger charge is 2.40. The Morgan fingerprint density at radius 1 is 0.330 bits per heavy atom. The van der Waals surface area contributed by atoms with Crippen LogP contribution < -0.4 is 9.47 Å². The molecular formula is C74H108N2O19S2. The molecule has 4 aliphatic rings. The first-order valence-corrected chi connectivity index (χ1v) is 38.9. The summed E-state index contributed by atoms with van der Waals surface area (Å²) < 4.78 is 127. The highest BCUT2D eigenvalue weighted by atomic mass is 32.2. The zero-order chi connectivity index (χ0) is 67.9. The molecule has 23 heteroatoms. The van der Waals surface area contributed by atoms with Gasteiger partial charge in [0.2, 0.25) is 0 Å². The van der Waals surface area contributed by atoms with Crippen molar-refractivity contribution in [1.29, 1.82) is 0 Å². The van der Waals surface area contributed by atoms with E-state index in [2.05, 4.69) is 58.3 Å². The van der Waals surface area contributed by atoms with Gasteiger partial charge in [-0.1, -0.05) is 61.4 Å². The number of piperidine rings is 2. The molecule has 2 aliphatic heterocycles. The summed E-state index contributed by atoms with van der Waals surface area (Å²) in [5, 5.41) is 0. The molecule has 0 spiro atoms. The minimum Gasteiger partial charge on any atom is -0.484 e. The van der Waals surface area contributed by atoms with E-state index in [4.69, 9.17) is 61.6 Å². The van der Waals surface area contributed by atoms with Gasteiger partial charge < -0.3 is 61.6 Å². The largest absolute Gasteiger partial charge is 0.484 e. The molecule has 0 amide bonds. The van der Waals surface area contributed by atoms with Crippen molar-refractivity contribution in [1.82, 2.24) is 9.80 Å². The number of hydrogen-bond acceptors (Lipinski definition) is 21. The number of Topliss-reactive ketones (excluding diaryl/α,β-unsaturated/α-hetero) is 2. The normalized spacial score (nSPS) is 18.3. The summed E-state index contributed by atoms with van der Waals surface area (Å²) in [6.07, 6.45) is 12.6. The van der Waals surface area contributed by atoms with Gasteiger partial charge in [-0.15, -0.1) is 0 Å².